The van der Waals surface area contributed by atoms with Crippen LogP contribution in [-0.4, -0.2) is 26.0 Å². The molecule has 1 N–H and O–H groups in total. The van der Waals surface area contributed by atoms with E-state index in [-0.39, 0.29) is 16.3 Å². The average Bonchev–Trinajstić information content (AvgIpc) is 2.40. The van der Waals surface area contributed by atoms with Crippen LogP contribution in [0.5, 0.6) is 0 Å². The third-order valence-electron chi connectivity index (χ3n) is 1.97. The molecule has 0 bridgehead atoms. The van der Waals surface area contributed by atoms with Crippen molar-refractivity contribution < 1.29 is 9.90 Å². The second kappa shape index (κ2) is 5.25. The minimum atomic E-state index is -1.08. The van der Waals surface area contributed by atoms with Gasteiger partial charge in [-0.2, -0.15) is 5.26 Å². The molecule has 0 spiro atoms. The van der Waals surface area contributed by atoms with Gasteiger partial charge in [-0.15, -0.1) is 0 Å². The van der Waals surface area contributed by atoms with E-state index < -0.39 is 5.97 Å². The first kappa shape index (κ1) is 12.0. The van der Waals surface area contributed by atoms with Crippen molar-refractivity contribution in [3.63, 3.8) is 0 Å². The molecular weight excluding hydrogens is 252 g/mol. The number of nitrogens with zero attached hydrogens (tertiary/aromatic N) is 4. The number of nitriles is 1. The summed E-state index contributed by atoms with van der Waals surface area (Å²) in [6.07, 6.45) is 4.32. The topological polar surface area (TPSA) is 99.8 Å². The SMILES string of the molecule is N#Cc1nccnc1Sc1ncccc1C(=O)O. The first-order chi connectivity index (χ1) is 8.72. The Morgan fingerprint density at radius 1 is 1.22 bits per heavy atom. The standard InChI is InChI=1S/C11H6N4O2S/c12-6-8-10(15-5-4-13-8)18-9-7(11(16)17)2-1-3-14-9/h1-5H,(H,16,17). The van der Waals surface area contributed by atoms with E-state index in [9.17, 15) is 4.79 Å². The molecule has 2 rings (SSSR count). The molecule has 0 aliphatic rings. The molecule has 2 aromatic heterocycles. The van der Waals surface area contributed by atoms with Gasteiger partial charge in [0.2, 0.25) is 0 Å². The second-order valence-corrected chi connectivity index (χ2v) is 4.06. The van der Waals surface area contributed by atoms with E-state index in [1.54, 1.807) is 0 Å². The van der Waals surface area contributed by atoms with E-state index in [4.69, 9.17) is 10.4 Å². The van der Waals surface area contributed by atoms with Crippen LogP contribution >= 0.6 is 11.8 Å². The molecule has 0 aliphatic carbocycles. The Morgan fingerprint density at radius 2 is 1.94 bits per heavy atom. The number of hydrogen-bond donors (Lipinski definition) is 1. The number of aromatic nitrogens is 3. The highest BCUT2D eigenvalue weighted by Crippen LogP contribution is 2.28. The summed E-state index contributed by atoms with van der Waals surface area (Å²) in [4.78, 5) is 22.8. The lowest BCUT2D eigenvalue weighted by Crippen LogP contribution is -2.01. The van der Waals surface area contributed by atoms with Crippen LogP contribution in [-0.2, 0) is 0 Å². The molecule has 0 amide bonds. The first-order valence-corrected chi connectivity index (χ1v) is 5.61. The van der Waals surface area contributed by atoms with Crippen molar-refractivity contribution in [3.05, 3.63) is 42.0 Å². The molecule has 0 aromatic carbocycles. The van der Waals surface area contributed by atoms with E-state index >= 15 is 0 Å². The maximum Gasteiger partial charge on any atom is 0.338 e. The zero-order valence-electron chi connectivity index (χ0n) is 8.94. The van der Waals surface area contributed by atoms with E-state index in [0.717, 1.165) is 11.8 Å². The molecule has 18 heavy (non-hydrogen) atoms. The van der Waals surface area contributed by atoms with Gasteiger partial charge < -0.3 is 5.11 Å². The molecule has 2 aromatic rings. The van der Waals surface area contributed by atoms with Crippen LogP contribution in [0, 0.1) is 11.3 Å². The number of carbonyl (C=O) groups is 1. The highest BCUT2D eigenvalue weighted by molar-refractivity contribution is 7.99. The van der Waals surface area contributed by atoms with Gasteiger partial charge in [0.05, 0.1) is 5.56 Å². The van der Waals surface area contributed by atoms with Gasteiger partial charge in [0.1, 0.15) is 16.1 Å². The Balaban J connectivity index is 2.41. The summed E-state index contributed by atoms with van der Waals surface area (Å²) >= 11 is 1.01. The Morgan fingerprint density at radius 3 is 2.67 bits per heavy atom. The molecule has 0 saturated carbocycles. The minimum Gasteiger partial charge on any atom is -0.478 e. The van der Waals surface area contributed by atoms with Gasteiger partial charge in [0, 0.05) is 18.6 Å². The normalized spacial score (nSPS) is 9.72. The Labute approximate surface area is 106 Å². The summed E-state index contributed by atoms with van der Waals surface area (Å²) in [7, 11) is 0. The number of rotatable bonds is 3. The van der Waals surface area contributed by atoms with Crippen molar-refractivity contribution in [2.75, 3.05) is 0 Å². The van der Waals surface area contributed by atoms with Gasteiger partial charge in [-0.1, -0.05) is 0 Å². The number of pyridine rings is 1. The quantitative estimate of drug-likeness (QED) is 0.892. The molecule has 0 atom stereocenters. The monoisotopic (exact) mass is 258 g/mol. The van der Waals surface area contributed by atoms with E-state index in [1.807, 2.05) is 6.07 Å². The summed E-state index contributed by atoms with van der Waals surface area (Å²) in [5.41, 5.74) is 0.210. The highest BCUT2D eigenvalue weighted by atomic mass is 32.2. The van der Waals surface area contributed by atoms with Crippen LogP contribution in [0.25, 0.3) is 0 Å². The van der Waals surface area contributed by atoms with Gasteiger partial charge >= 0.3 is 5.97 Å². The summed E-state index contributed by atoms with van der Waals surface area (Å²) in [5, 5.41) is 18.5. The van der Waals surface area contributed by atoms with Gasteiger partial charge in [-0.25, -0.2) is 19.7 Å². The molecule has 0 saturated heterocycles. The largest absolute Gasteiger partial charge is 0.478 e. The number of carboxylic acid groups (broad SMARTS) is 1. The fourth-order valence-corrected chi connectivity index (χ4v) is 2.07. The lowest BCUT2D eigenvalue weighted by Gasteiger charge is -2.03. The molecular formula is C11H6N4O2S. The number of aromatic carboxylic acids is 1. The third-order valence-corrected chi connectivity index (χ3v) is 2.98. The molecule has 0 radical (unpaired) electrons. The van der Waals surface area contributed by atoms with Gasteiger partial charge in [0.15, 0.2) is 5.69 Å². The van der Waals surface area contributed by atoms with Crippen LogP contribution in [0.3, 0.4) is 0 Å². The molecule has 0 aliphatic heterocycles. The van der Waals surface area contributed by atoms with Crippen LogP contribution in [0.15, 0.2) is 40.8 Å². The fourth-order valence-electron chi connectivity index (χ4n) is 1.20. The minimum absolute atomic E-state index is 0.0667. The smallest absolute Gasteiger partial charge is 0.338 e. The Kier molecular flexibility index (Phi) is 3.50. The van der Waals surface area contributed by atoms with Gasteiger partial charge in [-0.05, 0) is 23.9 Å². The van der Waals surface area contributed by atoms with Crippen molar-refractivity contribution in [2.45, 2.75) is 10.1 Å². The first-order valence-electron chi connectivity index (χ1n) is 4.79. The van der Waals surface area contributed by atoms with Gasteiger partial charge in [-0.3, -0.25) is 0 Å². The van der Waals surface area contributed by atoms with Crippen molar-refractivity contribution in [1.82, 2.24) is 15.0 Å². The van der Waals surface area contributed by atoms with Crippen LogP contribution in [0.2, 0.25) is 0 Å². The summed E-state index contributed by atoms with van der Waals surface area (Å²) in [6, 6.07) is 4.88. The highest BCUT2D eigenvalue weighted by Gasteiger charge is 2.14. The molecule has 0 fully saturated rings. The molecule has 2 heterocycles. The second-order valence-electron chi connectivity index (χ2n) is 3.09. The molecule has 6 nitrogen and oxygen atoms in total. The van der Waals surface area contributed by atoms with Crippen LogP contribution in [0.4, 0.5) is 0 Å². The summed E-state index contributed by atoms with van der Waals surface area (Å²) in [6.45, 7) is 0. The van der Waals surface area contributed by atoms with Gasteiger partial charge in [0.25, 0.3) is 0 Å². The van der Waals surface area contributed by atoms with E-state index in [2.05, 4.69) is 15.0 Å². The predicted molar refractivity (Wildman–Crippen MR) is 62.1 cm³/mol. The zero-order chi connectivity index (χ0) is 13.0. The predicted octanol–water partition coefficient (Wildman–Crippen LogP) is 1.59. The third kappa shape index (κ3) is 2.44. The van der Waals surface area contributed by atoms with Crippen LogP contribution < -0.4 is 0 Å². The average molecular weight is 258 g/mol. The molecule has 0 unspecified atom stereocenters. The number of carboxylic acids is 1. The van der Waals surface area contributed by atoms with Crippen molar-refractivity contribution >= 4 is 17.7 Å². The van der Waals surface area contributed by atoms with Crippen molar-refractivity contribution in [3.8, 4) is 6.07 Å². The van der Waals surface area contributed by atoms with Crippen molar-refractivity contribution in [1.29, 1.82) is 5.26 Å². The number of hydrogen-bond acceptors (Lipinski definition) is 6. The maximum atomic E-state index is 11.0. The Bertz CT molecular complexity index is 639. The molecule has 7 heteroatoms. The summed E-state index contributed by atoms with van der Waals surface area (Å²) in [5.74, 6) is -1.08. The van der Waals surface area contributed by atoms with Crippen molar-refractivity contribution in [2.24, 2.45) is 0 Å². The zero-order valence-corrected chi connectivity index (χ0v) is 9.76. The van der Waals surface area contributed by atoms with E-state index in [0.29, 0.717) is 5.03 Å². The lowest BCUT2D eigenvalue weighted by molar-refractivity contribution is 0.0692. The Hall–Kier alpha value is -2.46. The maximum absolute atomic E-state index is 11.0. The van der Waals surface area contributed by atoms with Crippen LogP contribution in [0.1, 0.15) is 16.1 Å². The summed E-state index contributed by atoms with van der Waals surface area (Å²) < 4.78 is 0. The van der Waals surface area contributed by atoms with E-state index in [1.165, 1.54) is 30.7 Å². The molecule has 88 valence electrons. The fraction of sp³-hybridized carbons (Fsp3) is 0. The lowest BCUT2D eigenvalue weighted by atomic mass is 10.3.